The summed E-state index contributed by atoms with van der Waals surface area (Å²) in [6, 6.07) is 1.85. The van der Waals surface area contributed by atoms with Gasteiger partial charge in [-0.1, -0.05) is 0 Å². The number of aliphatic hydroxyl groups is 1. The van der Waals surface area contributed by atoms with Crippen molar-refractivity contribution in [3.63, 3.8) is 0 Å². The molecule has 1 atom stereocenters. The van der Waals surface area contributed by atoms with Gasteiger partial charge in [-0.2, -0.15) is 10.2 Å². The molecule has 0 aliphatic carbocycles. The maximum Gasteiger partial charge on any atom is 0.0860 e. The third kappa shape index (κ3) is 3.18. The number of aliphatic hydroxyl groups excluding tert-OH is 1. The van der Waals surface area contributed by atoms with E-state index in [0.717, 1.165) is 17.8 Å². The summed E-state index contributed by atoms with van der Waals surface area (Å²) in [6.07, 6.45) is 4.96. The summed E-state index contributed by atoms with van der Waals surface area (Å²) in [5.41, 5.74) is 2.30. The number of aryl methyl sites for hydroxylation is 1. The zero-order valence-corrected chi connectivity index (χ0v) is 10.7. The fraction of sp³-hybridized carbons (Fsp3) is 0.500. The molecular formula is C12H19N5O. The van der Waals surface area contributed by atoms with Crippen molar-refractivity contribution in [1.82, 2.24) is 24.9 Å². The van der Waals surface area contributed by atoms with Crippen LogP contribution in [0.5, 0.6) is 0 Å². The van der Waals surface area contributed by atoms with Crippen LogP contribution in [-0.2, 0) is 20.1 Å². The van der Waals surface area contributed by atoms with E-state index in [-0.39, 0.29) is 0 Å². The Bertz CT molecular complexity index is 477. The fourth-order valence-electron chi connectivity index (χ4n) is 1.78. The predicted molar refractivity (Wildman–Crippen MR) is 67.9 cm³/mol. The zero-order valence-electron chi connectivity index (χ0n) is 10.7. The van der Waals surface area contributed by atoms with Gasteiger partial charge in [0.2, 0.25) is 0 Å². The second kappa shape index (κ2) is 5.79. The molecule has 98 valence electrons. The number of hydrogen-bond acceptors (Lipinski definition) is 4. The zero-order chi connectivity index (χ0) is 13.0. The average Bonchev–Trinajstić information content (AvgIpc) is 2.94. The topological polar surface area (TPSA) is 67.9 Å². The molecule has 18 heavy (non-hydrogen) atoms. The second-order valence-electron chi connectivity index (χ2n) is 4.39. The first-order valence-electron chi connectivity index (χ1n) is 6.00. The molecule has 6 nitrogen and oxygen atoms in total. The molecule has 0 amide bonds. The summed E-state index contributed by atoms with van der Waals surface area (Å²) in [5, 5.41) is 21.3. The van der Waals surface area contributed by atoms with Gasteiger partial charge in [-0.25, -0.2) is 0 Å². The highest BCUT2D eigenvalue weighted by molar-refractivity contribution is 5.15. The van der Waals surface area contributed by atoms with Crippen LogP contribution >= 0.6 is 0 Å². The van der Waals surface area contributed by atoms with E-state index >= 15 is 0 Å². The Morgan fingerprint density at radius 3 is 2.89 bits per heavy atom. The van der Waals surface area contributed by atoms with Gasteiger partial charge in [-0.05, 0) is 13.0 Å². The Labute approximate surface area is 106 Å². The number of nitrogens with zero attached hydrogens (tertiary/aromatic N) is 4. The fourth-order valence-corrected chi connectivity index (χ4v) is 1.78. The van der Waals surface area contributed by atoms with Crippen molar-refractivity contribution in [2.45, 2.75) is 26.1 Å². The third-order valence-corrected chi connectivity index (χ3v) is 2.99. The minimum Gasteiger partial charge on any atom is -0.390 e. The van der Waals surface area contributed by atoms with E-state index in [1.165, 1.54) is 0 Å². The quantitative estimate of drug-likeness (QED) is 0.760. The van der Waals surface area contributed by atoms with Crippen molar-refractivity contribution in [3.8, 4) is 0 Å². The van der Waals surface area contributed by atoms with Crippen molar-refractivity contribution in [3.05, 3.63) is 35.9 Å². The maximum atomic E-state index is 9.83. The number of nitrogens with one attached hydrogen (secondary N) is 1. The van der Waals surface area contributed by atoms with E-state index in [4.69, 9.17) is 0 Å². The van der Waals surface area contributed by atoms with Crippen LogP contribution in [0.4, 0.5) is 0 Å². The lowest BCUT2D eigenvalue weighted by molar-refractivity contribution is 0.146. The first-order valence-corrected chi connectivity index (χ1v) is 6.00. The molecule has 2 heterocycles. The van der Waals surface area contributed by atoms with Gasteiger partial charge in [-0.15, -0.1) is 0 Å². The van der Waals surface area contributed by atoms with Crippen LogP contribution < -0.4 is 5.32 Å². The highest BCUT2D eigenvalue weighted by Gasteiger charge is 2.07. The second-order valence-corrected chi connectivity index (χ2v) is 4.39. The molecule has 0 bridgehead atoms. The Morgan fingerprint density at radius 2 is 2.28 bits per heavy atom. The summed E-state index contributed by atoms with van der Waals surface area (Å²) in [5.74, 6) is 0. The molecule has 2 rings (SSSR count). The van der Waals surface area contributed by atoms with Crippen molar-refractivity contribution >= 4 is 0 Å². The SMILES string of the molecule is Cc1c(CNCC(O)Cn2cccn2)cnn1C. The molecule has 0 saturated carbocycles. The molecule has 0 aliphatic rings. The monoisotopic (exact) mass is 249 g/mol. The van der Waals surface area contributed by atoms with Gasteiger partial charge < -0.3 is 10.4 Å². The molecule has 0 saturated heterocycles. The highest BCUT2D eigenvalue weighted by Crippen LogP contribution is 2.04. The smallest absolute Gasteiger partial charge is 0.0860 e. The molecular weight excluding hydrogens is 230 g/mol. The Kier molecular flexibility index (Phi) is 4.11. The lowest BCUT2D eigenvalue weighted by Gasteiger charge is -2.11. The minimum atomic E-state index is -0.443. The normalized spacial score (nSPS) is 12.8. The summed E-state index contributed by atoms with van der Waals surface area (Å²) < 4.78 is 3.57. The Morgan fingerprint density at radius 1 is 1.44 bits per heavy atom. The van der Waals surface area contributed by atoms with Crippen LogP contribution in [0.3, 0.4) is 0 Å². The number of hydrogen-bond donors (Lipinski definition) is 2. The largest absolute Gasteiger partial charge is 0.390 e. The van der Waals surface area contributed by atoms with Gasteiger partial charge in [0.15, 0.2) is 0 Å². The van der Waals surface area contributed by atoms with Crippen LogP contribution in [0.2, 0.25) is 0 Å². The van der Waals surface area contributed by atoms with Crippen LogP contribution in [0, 0.1) is 6.92 Å². The van der Waals surface area contributed by atoms with Crippen LogP contribution in [-0.4, -0.2) is 37.3 Å². The highest BCUT2D eigenvalue weighted by atomic mass is 16.3. The number of aromatic nitrogens is 4. The van der Waals surface area contributed by atoms with Gasteiger partial charge in [0.05, 0.1) is 18.8 Å². The van der Waals surface area contributed by atoms with E-state index in [0.29, 0.717) is 13.1 Å². The van der Waals surface area contributed by atoms with Gasteiger partial charge >= 0.3 is 0 Å². The van der Waals surface area contributed by atoms with E-state index in [1.54, 1.807) is 10.9 Å². The average molecular weight is 249 g/mol. The molecule has 2 aromatic heterocycles. The molecule has 0 aliphatic heterocycles. The summed E-state index contributed by atoms with van der Waals surface area (Å²) >= 11 is 0. The van der Waals surface area contributed by atoms with Crippen LogP contribution in [0.1, 0.15) is 11.3 Å². The van der Waals surface area contributed by atoms with Gasteiger partial charge in [0.1, 0.15) is 0 Å². The van der Waals surface area contributed by atoms with Crippen LogP contribution in [0.25, 0.3) is 0 Å². The van der Waals surface area contributed by atoms with Crippen molar-refractivity contribution in [1.29, 1.82) is 0 Å². The Balaban J connectivity index is 1.73. The summed E-state index contributed by atoms with van der Waals surface area (Å²) in [6.45, 7) is 3.79. The molecule has 0 spiro atoms. The Hall–Kier alpha value is -1.66. The lowest BCUT2D eigenvalue weighted by Crippen LogP contribution is -2.30. The molecule has 0 aromatic carbocycles. The van der Waals surface area contributed by atoms with Crippen LogP contribution in [0.15, 0.2) is 24.7 Å². The summed E-state index contributed by atoms with van der Waals surface area (Å²) in [7, 11) is 1.92. The lowest BCUT2D eigenvalue weighted by atomic mass is 10.2. The molecule has 0 radical (unpaired) electrons. The van der Waals surface area contributed by atoms with E-state index < -0.39 is 6.10 Å². The van der Waals surface area contributed by atoms with E-state index in [1.807, 2.05) is 37.1 Å². The molecule has 2 aromatic rings. The molecule has 0 fully saturated rings. The van der Waals surface area contributed by atoms with Gasteiger partial charge in [0, 0.05) is 43.8 Å². The third-order valence-electron chi connectivity index (χ3n) is 2.99. The van der Waals surface area contributed by atoms with Crippen molar-refractivity contribution < 1.29 is 5.11 Å². The predicted octanol–water partition coefficient (Wildman–Crippen LogP) is 0.0757. The molecule has 6 heteroatoms. The van der Waals surface area contributed by atoms with Gasteiger partial charge in [0.25, 0.3) is 0 Å². The molecule has 2 N–H and O–H groups in total. The first-order chi connectivity index (χ1) is 8.66. The molecule has 1 unspecified atom stereocenters. The van der Waals surface area contributed by atoms with Crippen molar-refractivity contribution in [2.75, 3.05) is 6.54 Å². The minimum absolute atomic E-state index is 0.443. The van der Waals surface area contributed by atoms with Crippen molar-refractivity contribution in [2.24, 2.45) is 7.05 Å². The van der Waals surface area contributed by atoms with E-state index in [2.05, 4.69) is 15.5 Å². The van der Waals surface area contributed by atoms with Gasteiger partial charge in [-0.3, -0.25) is 9.36 Å². The number of rotatable bonds is 6. The van der Waals surface area contributed by atoms with E-state index in [9.17, 15) is 5.11 Å². The standard InChI is InChI=1S/C12H19N5O/c1-10-11(7-15-16(10)2)6-13-8-12(18)9-17-5-3-4-14-17/h3-5,7,12-13,18H,6,8-9H2,1-2H3. The first kappa shape index (κ1) is 12.8. The maximum absolute atomic E-state index is 9.83. The summed E-state index contributed by atoms with van der Waals surface area (Å²) in [4.78, 5) is 0.